The normalized spacial score (nSPS) is 26.1. The third-order valence-electron chi connectivity index (χ3n) is 3.43. The van der Waals surface area contributed by atoms with Gasteiger partial charge in [-0.2, -0.15) is 0 Å². The fraction of sp³-hybridized carbons (Fsp3) is 0.571. The van der Waals surface area contributed by atoms with Crippen molar-refractivity contribution in [2.75, 3.05) is 0 Å². The molecule has 1 fully saturated rings. The molecule has 1 N–H and O–H groups in total. The molecule has 1 aromatic rings. The van der Waals surface area contributed by atoms with E-state index in [0.29, 0.717) is 6.42 Å². The zero-order valence-electron chi connectivity index (χ0n) is 10.3. The molecular formula is C14H19FO2. The molecule has 3 unspecified atom stereocenters. The van der Waals surface area contributed by atoms with E-state index in [1.165, 1.54) is 12.1 Å². The first-order valence-electron chi connectivity index (χ1n) is 6.15. The summed E-state index contributed by atoms with van der Waals surface area (Å²) in [5, 5.41) is 10.1. The minimum absolute atomic E-state index is 0.0746. The van der Waals surface area contributed by atoms with E-state index in [1.807, 2.05) is 13.8 Å². The van der Waals surface area contributed by atoms with Gasteiger partial charge in [0.15, 0.2) is 0 Å². The number of aryl methyl sites for hydroxylation is 1. The summed E-state index contributed by atoms with van der Waals surface area (Å²) in [6.45, 7) is 3.89. The number of ether oxygens (including phenoxy) is 1. The lowest BCUT2D eigenvalue weighted by Gasteiger charge is -2.19. The maximum atomic E-state index is 12.9. The summed E-state index contributed by atoms with van der Waals surface area (Å²) < 4.78 is 18.6. The number of aliphatic hydroxyl groups excluding tert-OH is 1. The Hall–Kier alpha value is -0.930. The van der Waals surface area contributed by atoms with Gasteiger partial charge in [-0.15, -0.1) is 0 Å². The lowest BCUT2D eigenvalue weighted by molar-refractivity contribution is -0.0279. The van der Waals surface area contributed by atoms with Crippen LogP contribution in [0, 0.1) is 12.7 Å². The summed E-state index contributed by atoms with van der Waals surface area (Å²) in [6, 6.07) is 4.68. The highest BCUT2D eigenvalue weighted by atomic mass is 19.1. The van der Waals surface area contributed by atoms with E-state index >= 15 is 0 Å². The first-order chi connectivity index (χ1) is 8.06. The van der Waals surface area contributed by atoms with Gasteiger partial charge in [-0.05, 0) is 49.9 Å². The first kappa shape index (κ1) is 12.5. The summed E-state index contributed by atoms with van der Waals surface area (Å²) in [5.41, 5.74) is 1.87. The number of aliphatic hydroxyl groups is 1. The van der Waals surface area contributed by atoms with Gasteiger partial charge in [0.1, 0.15) is 5.82 Å². The average Bonchev–Trinajstić information content (AvgIpc) is 2.69. The minimum Gasteiger partial charge on any atom is -0.390 e. The van der Waals surface area contributed by atoms with Gasteiger partial charge >= 0.3 is 0 Å². The molecule has 0 bridgehead atoms. The minimum atomic E-state index is -0.496. The Labute approximate surface area is 101 Å². The molecule has 2 nitrogen and oxygen atoms in total. The Morgan fingerprint density at radius 3 is 2.82 bits per heavy atom. The highest BCUT2D eigenvalue weighted by Crippen LogP contribution is 2.24. The molecule has 0 aliphatic carbocycles. The second-order valence-electron chi connectivity index (χ2n) is 4.90. The Morgan fingerprint density at radius 1 is 1.47 bits per heavy atom. The van der Waals surface area contributed by atoms with Crippen molar-refractivity contribution in [1.29, 1.82) is 0 Å². The number of rotatable bonds is 3. The molecule has 1 heterocycles. The van der Waals surface area contributed by atoms with Gasteiger partial charge in [-0.25, -0.2) is 4.39 Å². The Balaban J connectivity index is 2.00. The molecule has 1 aromatic carbocycles. The lowest BCUT2D eigenvalue weighted by atomic mass is 9.98. The van der Waals surface area contributed by atoms with Crippen LogP contribution in [-0.2, 0) is 11.2 Å². The first-order valence-corrected chi connectivity index (χ1v) is 6.15. The van der Waals surface area contributed by atoms with Crippen molar-refractivity contribution in [1.82, 2.24) is 0 Å². The highest BCUT2D eigenvalue weighted by Gasteiger charge is 2.28. The largest absolute Gasteiger partial charge is 0.390 e. The molecule has 1 aliphatic rings. The van der Waals surface area contributed by atoms with E-state index in [2.05, 4.69) is 0 Å². The Bertz CT molecular complexity index is 392. The van der Waals surface area contributed by atoms with E-state index in [9.17, 15) is 9.50 Å². The Kier molecular flexibility index (Phi) is 3.79. The van der Waals surface area contributed by atoms with Crippen LogP contribution in [-0.4, -0.2) is 23.4 Å². The quantitative estimate of drug-likeness (QED) is 0.877. The maximum absolute atomic E-state index is 12.9. The van der Waals surface area contributed by atoms with Crippen LogP contribution >= 0.6 is 0 Å². The molecule has 0 spiro atoms. The van der Waals surface area contributed by atoms with E-state index in [-0.39, 0.29) is 18.0 Å². The highest BCUT2D eigenvalue weighted by molar-refractivity contribution is 5.27. The van der Waals surface area contributed by atoms with Crippen LogP contribution in [0.2, 0.25) is 0 Å². The van der Waals surface area contributed by atoms with Crippen molar-refractivity contribution in [3.8, 4) is 0 Å². The van der Waals surface area contributed by atoms with Gasteiger partial charge in [0, 0.05) is 6.42 Å². The van der Waals surface area contributed by atoms with Crippen molar-refractivity contribution in [3.63, 3.8) is 0 Å². The number of hydrogen-bond acceptors (Lipinski definition) is 2. The third kappa shape index (κ3) is 3.05. The fourth-order valence-corrected chi connectivity index (χ4v) is 2.36. The summed E-state index contributed by atoms with van der Waals surface area (Å²) in [6.07, 6.45) is 2.11. The van der Waals surface area contributed by atoms with Crippen LogP contribution in [0.5, 0.6) is 0 Å². The van der Waals surface area contributed by atoms with Gasteiger partial charge < -0.3 is 9.84 Å². The summed E-state index contributed by atoms with van der Waals surface area (Å²) >= 11 is 0. The van der Waals surface area contributed by atoms with Gasteiger partial charge in [-0.3, -0.25) is 0 Å². The number of benzene rings is 1. The topological polar surface area (TPSA) is 29.5 Å². The Morgan fingerprint density at radius 2 is 2.24 bits per heavy atom. The smallest absolute Gasteiger partial charge is 0.123 e. The van der Waals surface area contributed by atoms with Crippen LogP contribution in [0.1, 0.15) is 30.9 Å². The maximum Gasteiger partial charge on any atom is 0.123 e. The van der Waals surface area contributed by atoms with Crippen LogP contribution in [0.15, 0.2) is 18.2 Å². The van der Waals surface area contributed by atoms with E-state index in [1.54, 1.807) is 6.07 Å². The van der Waals surface area contributed by atoms with Crippen molar-refractivity contribution >= 4 is 0 Å². The monoisotopic (exact) mass is 238 g/mol. The third-order valence-corrected chi connectivity index (χ3v) is 3.43. The zero-order valence-corrected chi connectivity index (χ0v) is 10.3. The predicted molar refractivity (Wildman–Crippen MR) is 64.4 cm³/mol. The predicted octanol–water partition coefficient (Wildman–Crippen LogP) is 2.61. The van der Waals surface area contributed by atoms with Crippen LogP contribution < -0.4 is 0 Å². The van der Waals surface area contributed by atoms with Crippen molar-refractivity contribution in [3.05, 3.63) is 35.1 Å². The molecule has 0 aromatic heterocycles. The van der Waals surface area contributed by atoms with E-state index < -0.39 is 6.10 Å². The molecule has 17 heavy (non-hydrogen) atoms. The molecule has 3 heteroatoms. The van der Waals surface area contributed by atoms with E-state index in [0.717, 1.165) is 24.0 Å². The second kappa shape index (κ2) is 5.15. The molecular weight excluding hydrogens is 219 g/mol. The van der Waals surface area contributed by atoms with Crippen molar-refractivity contribution in [2.45, 2.75) is 51.4 Å². The van der Waals surface area contributed by atoms with Crippen molar-refractivity contribution in [2.24, 2.45) is 0 Å². The summed E-state index contributed by atoms with van der Waals surface area (Å²) in [5.74, 6) is -0.230. The average molecular weight is 238 g/mol. The zero-order chi connectivity index (χ0) is 12.4. The van der Waals surface area contributed by atoms with Gasteiger partial charge in [0.25, 0.3) is 0 Å². The standard InChI is InChI=1S/C14H19FO2/c1-9-7-12(15)5-4-11(9)8-13(16)14-6-3-10(2)17-14/h4-5,7,10,13-14,16H,3,6,8H2,1-2H3. The molecule has 2 rings (SSSR count). The summed E-state index contributed by atoms with van der Waals surface area (Å²) in [4.78, 5) is 0. The molecule has 1 saturated heterocycles. The molecule has 94 valence electrons. The molecule has 0 saturated carbocycles. The molecule has 3 atom stereocenters. The van der Waals surface area contributed by atoms with Crippen LogP contribution in [0.3, 0.4) is 0 Å². The second-order valence-corrected chi connectivity index (χ2v) is 4.90. The molecule has 1 aliphatic heterocycles. The molecule has 0 amide bonds. The lowest BCUT2D eigenvalue weighted by Crippen LogP contribution is -2.28. The fourth-order valence-electron chi connectivity index (χ4n) is 2.36. The van der Waals surface area contributed by atoms with Gasteiger partial charge in [0.05, 0.1) is 18.3 Å². The van der Waals surface area contributed by atoms with E-state index in [4.69, 9.17) is 4.74 Å². The van der Waals surface area contributed by atoms with Gasteiger partial charge in [-0.1, -0.05) is 6.07 Å². The summed E-state index contributed by atoms with van der Waals surface area (Å²) in [7, 11) is 0. The van der Waals surface area contributed by atoms with Crippen LogP contribution in [0.25, 0.3) is 0 Å². The van der Waals surface area contributed by atoms with Crippen LogP contribution in [0.4, 0.5) is 4.39 Å². The molecule has 0 radical (unpaired) electrons. The SMILES string of the molecule is Cc1cc(F)ccc1CC(O)C1CCC(C)O1. The number of hydrogen-bond donors (Lipinski definition) is 1. The number of halogens is 1. The van der Waals surface area contributed by atoms with Gasteiger partial charge in [0.2, 0.25) is 0 Å². The van der Waals surface area contributed by atoms with Crippen molar-refractivity contribution < 1.29 is 14.2 Å².